The van der Waals surface area contributed by atoms with Crippen LogP contribution in [0.2, 0.25) is 0 Å². The quantitative estimate of drug-likeness (QED) is 0.750. The predicted octanol–water partition coefficient (Wildman–Crippen LogP) is 0.129. The Morgan fingerprint density at radius 2 is 1.61 bits per heavy atom. The first kappa shape index (κ1) is 13.8. The van der Waals surface area contributed by atoms with Gasteiger partial charge < -0.3 is 20.6 Å². The standard InChI is InChI=1S/C12H17N3O3/c1-14(2)9-3-5-10(6-4-9)15(7-11(13)16)8-12(17)18/h3-6H,7-8H2,1-2H3,(H2,13,16)(H,17,18). The minimum absolute atomic E-state index is 0.117. The monoisotopic (exact) mass is 251 g/mol. The molecule has 0 aromatic heterocycles. The van der Waals surface area contributed by atoms with Crippen LogP contribution >= 0.6 is 0 Å². The van der Waals surface area contributed by atoms with Gasteiger partial charge in [0, 0.05) is 25.5 Å². The topological polar surface area (TPSA) is 86.9 Å². The lowest BCUT2D eigenvalue weighted by atomic mass is 10.2. The first-order chi connectivity index (χ1) is 8.40. The molecule has 0 atom stereocenters. The number of amides is 1. The Morgan fingerprint density at radius 3 is 2.00 bits per heavy atom. The second kappa shape index (κ2) is 5.90. The van der Waals surface area contributed by atoms with Crippen molar-refractivity contribution in [2.24, 2.45) is 5.73 Å². The predicted molar refractivity (Wildman–Crippen MR) is 69.8 cm³/mol. The van der Waals surface area contributed by atoms with Crippen molar-refractivity contribution in [2.45, 2.75) is 0 Å². The number of carbonyl (C=O) groups is 2. The van der Waals surface area contributed by atoms with Crippen LogP contribution in [0.25, 0.3) is 0 Å². The van der Waals surface area contributed by atoms with Gasteiger partial charge in [-0.05, 0) is 24.3 Å². The van der Waals surface area contributed by atoms with Crippen LogP contribution in [0.15, 0.2) is 24.3 Å². The highest BCUT2D eigenvalue weighted by molar-refractivity contribution is 5.83. The normalized spacial score (nSPS) is 9.89. The van der Waals surface area contributed by atoms with Gasteiger partial charge in [0.25, 0.3) is 0 Å². The molecular weight excluding hydrogens is 234 g/mol. The van der Waals surface area contributed by atoms with Gasteiger partial charge in [0.15, 0.2) is 0 Å². The average molecular weight is 251 g/mol. The third kappa shape index (κ3) is 3.97. The van der Waals surface area contributed by atoms with Gasteiger partial charge in [-0.3, -0.25) is 9.59 Å². The highest BCUT2D eigenvalue weighted by Gasteiger charge is 2.13. The van der Waals surface area contributed by atoms with Crippen molar-refractivity contribution in [1.29, 1.82) is 0 Å². The number of nitrogens with two attached hydrogens (primary N) is 1. The molecule has 0 unspecified atom stereocenters. The zero-order valence-electron chi connectivity index (χ0n) is 10.5. The Kier molecular flexibility index (Phi) is 4.53. The van der Waals surface area contributed by atoms with E-state index in [-0.39, 0.29) is 13.1 Å². The summed E-state index contributed by atoms with van der Waals surface area (Å²) in [5.41, 5.74) is 6.75. The largest absolute Gasteiger partial charge is 0.480 e. The van der Waals surface area contributed by atoms with E-state index in [1.54, 1.807) is 12.1 Å². The lowest BCUT2D eigenvalue weighted by molar-refractivity contribution is -0.135. The number of nitrogens with zero attached hydrogens (tertiary/aromatic N) is 2. The molecule has 0 radical (unpaired) electrons. The average Bonchev–Trinajstić information content (AvgIpc) is 2.27. The molecule has 0 aliphatic rings. The van der Waals surface area contributed by atoms with Gasteiger partial charge in [0.05, 0.1) is 6.54 Å². The number of hydrogen-bond acceptors (Lipinski definition) is 4. The SMILES string of the molecule is CN(C)c1ccc(N(CC(N)=O)CC(=O)O)cc1. The Balaban J connectivity index is 2.90. The maximum absolute atomic E-state index is 10.9. The van der Waals surface area contributed by atoms with Gasteiger partial charge in [-0.2, -0.15) is 0 Å². The molecule has 18 heavy (non-hydrogen) atoms. The van der Waals surface area contributed by atoms with E-state index in [0.717, 1.165) is 5.69 Å². The molecule has 3 N–H and O–H groups in total. The van der Waals surface area contributed by atoms with Crippen LogP contribution in [0.3, 0.4) is 0 Å². The van der Waals surface area contributed by atoms with Crippen molar-refractivity contribution in [3.8, 4) is 0 Å². The van der Waals surface area contributed by atoms with Gasteiger partial charge in [0.2, 0.25) is 5.91 Å². The number of hydrogen-bond donors (Lipinski definition) is 2. The van der Waals surface area contributed by atoms with Crippen molar-refractivity contribution in [1.82, 2.24) is 0 Å². The molecule has 6 heteroatoms. The van der Waals surface area contributed by atoms with Gasteiger partial charge in [-0.15, -0.1) is 0 Å². The van der Waals surface area contributed by atoms with Crippen LogP contribution < -0.4 is 15.5 Å². The molecule has 1 aromatic rings. The van der Waals surface area contributed by atoms with Gasteiger partial charge >= 0.3 is 5.97 Å². The van der Waals surface area contributed by atoms with Crippen molar-refractivity contribution in [3.05, 3.63) is 24.3 Å². The molecule has 1 aromatic carbocycles. The number of rotatable bonds is 6. The zero-order valence-corrected chi connectivity index (χ0v) is 10.5. The number of benzene rings is 1. The molecular formula is C12H17N3O3. The van der Waals surface area contributed by atoms with Crippen molar-refractivity contribution < 1.29 is 14.7 Å². The van der Waals surface area contributed by atoms with Crippen molar-refractivity contribution >= 4 is 23.3 Å². The highest BCUT2D eigenvalue weighted by Crippen LogP contribution is 2.19. The second-order valence-electron chi connectivity index (χ2n) is 4.13. The summed E-state index contributed by atoms with van der Waals surface area (Å²) in [6.07, 6.45) is 0. The molecule has 0 fully saturated rings. The van der Waals surface area contributed by atoms with E-state index in [2.05, 4.69) is 0 Å². The van der Waals surface area contributed by atoms with E-state index in [1.807, 2.05) is 31.1 Å². The van der Waals surface area contributed by atoms with Gasteiger partial charge in [-0.1, -0.05) is 0 Å². The smallest absolute Gasteiger partial charge is 0.323 e. The minimum Gasteiger partial charge on any atom is -0.480 e. The van der Waals surface area contributed by atoms with E-state index in [4.69, 9.17) is 10.8 Å². The highest BCUT2D eigenvalue weighted by atomic mass is 16.4. The number of aliphatic carboxylic acids is 1. The summed E-state index contributed by atoms with van der Waals surface area (Å²) >= 11 is 0. The Morgan fingerprint density at radius 1 is 1.11 bits per heavy atom. The fourth-order valence-corrected chi connectivity index (χ4v) is 1.55. The summed E-state index contributed by atoms with van der Waals surface area (Å²) < 4.78 is 0. The van der Waals surface area contributed by atoms with Crippen molar-refractivity contribution in [2.75, 3.05) is 37.0 Å². The Hall–Kier alpha value is -2.24. The lowest BCUT2D eigenvalue weighted by Crippen LogP contribution is -2.37. The zero-order chi connectivity index (χ0) is 13.7. The number of primary amides is 1. The number of carbonyl (C=O) groups excluding carboxylic acids is 1. The first-order valence-corrected chi connectivity index (χ1v) is 5.42. The molecule has 6 nitrogen and oxygen atoms in total. The summed E-state index contributed by atoms with van der Waals surface area (Å²) in [5.74, 6) is -1.57. The van der Waals surface area contributed by atoms with E-state index in [9.17, 15) is 9.59 Å². The van der Waals surface area contributed by atoms with Crippen LogP contribution in [0, 0.1) is 0 Å². The first-order valence-electron chi connectivity index (χ1n) is 5.42. The van der Waals surface area contributed by atoms with Crippen LogP contribution in [-0.4, -0.2) is 44.2 Å². The molecule has 0 spiro atoms. The number of carboxylic acid groups (broad SMARTS) is 1. The minimum atomic E-state index is -1.01. The molecule has 0 heterocycles. The lowest BCUT2D eigenvalue weighted by Gasteiger charge is -2.22. The van der Waals surface area contributed by atoms with Gasteiger partial charge in [0.1, 0.15) is 6.54 Å². The summed E-state index contributed by atoms with van der Waals surface area (Å²) in [4.78, 5) is 25.0. The summed E-state index contributed by atoms with van der Waals surface area (Å²) in [7, 11) is 3.82. The van der Waals surface area contributed by atoms with Crippen LogP contribution in [0.1, 0.15) is 0 Å². The molecule has 0 saturated carbocycles. The molecule has 1 amide bonds. The summed E-state index contributed by atoms with van der Waals surface area (Å²) in [5, 5.41) is 8.80. The fourth-order valence-electron chi connectivity index (χ4n) is 1.55. The molecule has 98 valence electrons. The van der Waals surface area contributed by atoms with E-state index in [0.29, 0.717) is 5.69 Å². The van der Waals surface area contributed by atoms with Crippen LogP contribution in [0.5, 0.6) is 0 Å². The molecule has 0 aliphatic carbocycles. The summed E-state index contributed by atoms with van der Waals surface area (Å²) in [6.45, 7) is -0.377. The molecule has 0 saturated heterocycles. The van der Waals surface area contributed by atoms with Crippen LogP contribution in [0.4, 0.5) is 11.4 Å². The molecule has 0 bridgehead atoms. The Bertz CT molecular complexity index is 413. The number of carboxylic acids is 1. The Labute approximate surface area is 106 Å². The fraction of sp³-hybridized carbons (Fsp3) is 0.333. The van der Waals surface area contributed by atoms with E-state index >= 15 is 0 Å². The van der Waals surface area contributed by atoms with E-state index < -0.39 is 11.9 Å². The second-order valence-corrected chi connectivity index (χ2v) is 4.13. The van der Waals surface area contributed by atoms with Crippen molar-refractivity contribution in [3.63, 3.8) is 0 Å². The molecule has 0 aliphatic heterocycles. The van der Waals surface area contributed by atoms with Gasteiger partial charge in [-0.25, -0.2) is 0 Å². The van der Waals surface area contributed by atoms with E-state index in [1.165, 1.54) is 4.90 Å². The molecule has 1 rings (SSSR count). The maximum Gasteiger partial charge on any atom is 0.323 e. The third-order valence-electron chi connectivity index (χ3n) is 2.40. The third-order valence-corrected chi connectivity index (χ3v) is 2.40. The maximum atomic E-state index is 10.9. The van der Waals surface area contributed by atoms with Crippen LogP contribution in [-0.2, 0) is 9.59 Å². The summed E-state index contributed by atoms with van der Waals surface area (Å²) in [6, 6.07) is 7.23. The number of anilines is 2.